The van der Waals surface area contributed by atoms with Crippen molar-refractivity contribution in [2.24, 2.45) is 5.92 Å². The first-order chi connectivity index (χ1) is 12.0. The monoisotopic (exact) mass is 344 g/mol. The van der Waals surface area contributed by atoms with Gasteiger partial charge >= 0.3 is 6.03 Å². The lowest BCUT2D eigenvalue weighted by molar-refractivity contribution is 0.0677. The Kier molecular flexibility index (Phi) is 5.27. The van der Waals surface area contributed by atoms with Crippen molar-refractivity contribution in [2.45, 2.75) is 45.1 Å². The lowest BCUT2D eigenvalue weighted by Gasteiger charge is -2.38. The summed E-state index contributed by atoms with van der Waals surface area (Å²) in [6.45, 7) is 5.56. The number of pyridine rings is 1. The van der Waals surface area contributed by atoms with E-state index in [0.29, 0.717) is 25.4 Å². The molecule has 0 aliphatic carbocycles. The Morgan fingerprint density at radius 1 is 1.44 bits per heavy atom. The van der Waals surface area contributed by atoms with Crippen LogP contribution in [0.2, 0.25) is 0 Å². The van der Waals surface area contributed by atoms with E-state index >= 15 is 0 Å². The van der Waals surface area contributed by atoms with Crippen LogP contribution in [0, 0.1) is 5.92 Å². The number of amides is 2. The third-order valence-corrected chi connectivity index (χ3v) is 5.00. The number of aromatic nitrogens is 2. The average molecular weight is 344 g/mol. The number of likely N-dealkylation sites (tertiary alicyclic amines) is 1. The summed E-state index contributed by atoms with van der Waals surface area (Å²) in [6, 6.07) is 5.82. The van der Waals surface area contributed by atoms with Gasteiger partial charge in [0.25, 0.3) is 0 Å². The minimum absolute atomic E-state index is 0.0328. The normalized spacial score (nSPS) is 20.6. The van der Waals surface area contributed by atoms with Crippen LogP contribution in [0.15, 0.2) is 30.6 Å². The maximum atomic E-state index is 12.6. The standard InChI is InChI=1S/C19H28N4O2/c1-15(2)12-19(14-24)8-5-11-23(19)18(25)20-9-7-16-13-22-10-4-3-6-17(22)21-16/h3-4,6,10,13,15,24H,5,7-9,11-12,14H2,1-2H3,(H,20,25)/t19-/m0/s1. The number of urea groups is 1. The van der Waals surface area contributed by atoms with E-state index in [1.807, 2.05) is 39.9 Å². The second kappa shape index (κ2) is 7.44. The van der Waals surface area contributed by atoms with Gasteiger partial charge in [0.15, 0.2) is 0 Å². The Labute approximate surface area is 148 Å². The number of nitrogens with one attached hydrogen (secondary N) is 1. The fourth-order valence-electron chi connectivity index (χ4n) is 3.96. The minimum Gasteiger partial charge on any atom is -0.394 e. The van der Waals surface area contributed by atoms with Gasteiger partial charge < -0.3 is 19.7 Å². The predicted octanol–water partition coefficient (Wildman–Crippen LogP) is 2.46. The Morgan fingerprint density at radius 3 is 3.00 bits per heavy atom. The first kappa shape index (κ1) is 17.7. The zero-order chi connectivity index (χ0) is 17.9. The summed E-state index contributed by atoms with van der Waals surface area (Å²) in [5.74, 6) is 0.443. The van der Waals surface area contributed by atoms with Gasteiger partial charge in [-0.25, -0.2) is 9.78 Å². The quantitative estimate of drug-likeness (QED) is 0.846. The van der Waals surface area contributed by atoms with Crippen LogP contribution in [0.3, 0.4) is 0 Å². The lowest BCUT2D eigenvalue weighted by atomic mass is 9.87. The van der Waals surface area contributed by atoms with Crippen molar-refractivity contribution in [2.75, 3.05) is 19.7 Å². The molecule has 1 aliphatic rings. The van der Waals surface area contributed by atoms with Crippen molar-refractivity contribution < 1.29 is 9.90 Å². The lowest BCUT2D eigenvalue weighted by Crippen LogP contribution is -2.54. The molecule has 0 radical (unpaired) electrons. The van der Waals surface area contributed by atoms with Crippen molar-refractivity contribution in [3.8, 4) is 0 Å². The molecular weight excluding hydrogens is 316 g/mol. The molecule has 2 amide bonds. The molecule has 0 spiro atoms. The predicted molar refractivity (Wildman–Crippen MR) is 97.5 cm³/mol. The number of nitrogens with zero attached hydrogens (tertiary/aromatic N) is 3. The van der Waals surface area contributed by atoms with Gasteiger partial charge in [-0.3, -0.25) is 0 Å². The van der Waals surface area contributed by atoms with Crippen molar-refractivity contribution in [3.63, 3.8) is 0 Å². The number of aliphatic hydroxyl groups excluding tert-OH is 1. The first-order valence-electron chi connectivity index (χ1n) is 9.13. The second-order valence-electron chi connectivity index (χ2n) is 7.42. The zero-order valence-electron chi connectivity index (χ0n) is 15.1. The van der Waals surface area contributed by atoms with Crippen LogP contribution in [0.4, 0.5) is 4.79 Å². The maximum absolute atomic E-state index is 12.6. The minimum atomic E-state index is -0.401. The molecule has 6 nitrogen and oxygen atoms in total. The van der Waals surface area contributed by atoms with Gasteiger partial charge in [-0.05, 0) is 37.3 Å². The number of fused-ring (bicyclic) bond motifs is 1. The van der Waals surface area contributed by atoms with Crippen molar-refractivity contribution in [3.05, 3.63) is 36.3 Å². The van der Waals surface area contributed by atoms with Crippen LogP contribution in [0.1, 0.15) is 38.8 Å². The molecule has 1 fully saturated rings. The van der Waals surface area contributed by atoms with E-state index in [1.165, 1.54) is 0 Å². The molecule has 2 aromatic rings. The van der Waals surface area contributed by atoms with Gasteiger partial charge in [0.1, 0.15) is 5.65 Å². The molecular formula is C19H28N4O2. The number of hydrogen-bond donors (Lipinski definition) is 2. The number of rotatable bonds is 6. The third-order valence-electron chi connectivity index (χ3n) is 5.00. The van der Waals surface area contributed by atoms with Gasteiger partial charge in [-0.1, -0.05) is 19.9 Å². The molecule has 0 saturated carbocycles. The highest BCUT2D eigenvalue weighted by Gasteiger charge is 2.43. The Hall–Kier alpha value is -2.08. The molecule has 3 heterocycles. The molecule has 0 bridgehead atoms. The van der Waals surface area contributed by atoms with Crippen LogP contribution in [-0.4, -0.2) is 50.7 Å². The number of carbonyl (C=O) groups excluding carboxylic acids is 1. The molecule has 2 N–H and O–H groups in total. The maximum Gasteiger partial charge on any atom is 0.317 e. The van der Waals surface area contributed by atoms with Gasteiger partial charge in [0, 0.05) is 31.9 Å². The average Bonchev–Trinajstić information content (AvgIpc) is 3.18. The van der Waals surface area contributed by atoms with Crippen LogP contribution < -0.4 is 5.32 Å². The van der Waals surface area contributed by atoms with E-state index in [2.05, 4.69) is 24.1 Å². The SMILES string of the molecule is CC(C)C[C@]1(CO)CCCN1C(=O)NCCc1cn2ccccc2n1. The molecule has 1 aliphatic heterocycles. The summed E-state index contributed by atoms with van der Waals surface area (Å²) in [4.78, 5) is 19.0. The Bertz CT molecular complexity index is 694. The molecule has 1 saturated heterocycles. The third kappa shape index (κ3) is 3.79. The first-order valence-corrected chi connectivity index (χ1v) is 9.13. The zero-order valence-corrected chi connectivity index (χ0v) is 15.1. The van der Waals surface area contributed by atoms with Crippen LogP contribution >= 0.6 is 0 Å². The van der Waals surface area contributed by atoms with E-state index < -0.39 is 5.54 Å². The number of imidazole rings is 1. The molecule has 136 valence electrons. The summed E-state index contributed by atoms with van der Waals surface area (Å²) in [7, 11) is 0. The molecule has 25 heavy (non-hydrogen) atoms. The topological polar surface area (TPSA) is 69.9 Å². The van der Waals surface area contributed by atoms with Crippen molar-refractivity contribution in [1.29, 1.82) is 0 Å². The summed E-state index contributed by atoms with van der Waals surface area (Å²) in [5.41, 5.74) is 1.48. The van der Waals surface area contributed by atoms with Gasteiger partial charge in [0.2, 0.25) is 0 Å². The van der Waals surface area contributed by atoms with Gasteiger partial charge in [0.05, 0.1) is 17.8 Å². The van der Waals surface area contributed by atoms with E-state index in [1.54, 1.807) is 0 Å². The summed E-state index contributed by atoms with van der Waals surface area (Å²) < 4.78 is 1.98. The van der Waals surface area contributed by atoms with Crippen LogP contribution in [0.5, 0.6) is 0 Å². The van der Waals surface area contributed by atoms with E-state index in [-0.39, 0.29) is 12.6 Å². The molecule has 3 rings (SSSR count). The highest BCUT2D eigenvalue weighted by molar-refractivity contribution is 5.75. The number of hydrogen-bond acceptors (Lipinski definition) is 3. The van der Waals surface area contributed by atoms with E-state index in [0.717, 1.165) is 30.6 Å². The van der Waals surface area contributed by atoms with Gasteiger partial charge in [-0.2, -0.15) is 0 Å². The summed E-state index contributed by atoms with van der Waals surface area (Å²) in [6.07, 6.45) is 7.32. The smallest absolute Gasteiger partial charge is 0.317 e. The molecule has 6 heteroatoms. The van der Waals surface area contributed by atoms with Crippen molar-refractivity contribution in [1.82, 2.24) is 19.6 Å². The molecule has 1 atom stereocenters. The molecule has 2 aromatic heterocycles. The van der Waals surface area contributed by atoms with Crippen LogP contribution in [-0.2, 0) is 6.42 Å². The number of aliphatic hydroxyl groups is 1. The summed E-state index contributed by atoms with van der Waals surface area (Å²) >= 11 is 0. The Balaban J connectivity index is 1.58. The Morgan fingerprint density at radius 2 is 2.28 bits per heavy atom. The largest absolute Gasteiger partial charge is 0.394 e. The molecule has 0 aromatic carbocycles. The number of carbonyl (C=O) groups is 1. The fraction of sp³-hybridized carbons (Fsp3) is 0.579. The van der Waals surface area contributed by atoms with Crippen molar-refractivity contribution >= 4 is 11.7 Å². The fourth-order valence-corrected chi connectivity index (χ4v) is 3.96. The van der Waals surface area contributed by atoms with E-state index in [4.69, 9.17) is 0 Å². The second-order valence-corrected chi connectivity index (χ2v) is 7.42. The molecule has 0 unspecified atom stereocenters. The highest BCUT2D eigenvalue weighted by atomic mass is 16.3. The highest BCUT2D eigenvalue weighted by Crippen LogP contribution is 2.34. The van der Waals surface area contributed by atoms with Crippen LogP contribution in [0.25, 0.3) is 5.65 Å². The summed E-state index contributed by atoms with van der Waals surface area (Å²) in [5, 5.41) is 12.9. The van der Waals surface area contributed by atoms with Gasteiger partial charge in [-0.15, -0.1) is 0 Å². The van der Waals surface area contributed by atoms with E-state index in [9.17, 15) is 9.90 Å².